The van der Waals surface area contributed by atoms with Crippen LogP contribution in [0.5, 0.6) is 11.5 Å². The van der Waals surface area contributed by atoms with E-state index < -0.39 is 0 Å². The Kier molecular flexibility index (Phi) is 6.41. The number of carbonyl (C=O) groups excluding carboxylic acids is 1. The number of nitrogens with one attached hydrogen (secondary N) is 1. The molecule has 2 aromatic rings. The van der Waals surface area contributed by atoms with Gasteiger partial charge in [-0.25, -0.2) is 4.79 Å². The van der Waals surface area contributed by atoms with Gasteiger partial charge in [0, 0.05) is 26.2 Å². The smallest absolute Gasteiger partial charge is 0.317 e. The van der Waals surface area contributed by atoms with Crippen molar-refractivity contribution >= 4 is 11.7 Å². The minimum atomic E-state index is -0.0393. The summed E-state index contributed by atoms with van der Waals surface area (Å²) in [5.41, 5.74) is 2.23. The highest BCUT2D eigenvalue weighted by molar-refractivity contribution is 5.74. The standard InChI is InChI=1S/C21H27N3O3/c1-17-6-5-7-18(16-17)27-15-10-22-21(25)24-13-11-23(12-14-24)19-8-3-4-9-20(19)26-2/h3-9,16H,10-15H2,1-2H3,(H,22,25). The molecule has 1 N–H and O–H groups in total. The summed E-state index contributed by atoms with van der Waals surface area (Å²) in [5.74, 6) is 1.69. The summed E-state index contributed by atoms with van der Waals surface area (Å²) < 4.78 is 11.1. The summed E-state index contributed by atoms with van der Waals surface area (Å²) in [7, 11) is 1.68. The molecule has 1 saturated heterocycles. The van der Waals surface area contributed by atoms with E-state index in [-0.39, 0.29) is 6.03 Å². The van der Waals surface area contributed by atoms with Gasteiger partial charge in [-0.3, -0.25) is 0 Å². The zero-order chi connectivity index (χ0) is 19.1. The molecule has 0 saturated carbocycles. The van der Waals surface area contributed by atoms with Gasteiger partial charge in [0.25, 0.3) is 0 Å². The van der Waals surface area contributed by atoms with Gasteiger partial charge in [0.05, 0.1) is 19.3 Å². The molecule has 2 aromatic carbocycles. The molecule has 0 radical (unpaired) electrons. The maximum atomic E-state index is 12.3. The van der Waals surface area contributed by atoms with E-state index in [1.165, 1.54) is 0 Å². The minimum Gasteiger partial charge on any atom is -0.495 e. The zero-order valence-electron chi connectivity index (χ0n) is 16.0. The lowest BCUT2D eigenvalue weighted by atomic mass is 10.2. The molecule has 1 aliphatic heterocycles. The monoisotopic (exact) mass is 369 g/mol. The Morgan fingerprint density at radius 3 is 2.59 bits per heavy atom. The fourth-order valence-corrected chi connectivity index (χ4v) is 3.19. The van der Waals surface area contributed by atoms with Crippen LogP contribution in [0.1, 0.15) is 5.56 Å². The Labute approximate surface area is 160 Å². The fourth-order valence-electron chi connectivity index (χ4n) is 3.19. The van der Waals surface area contributed by atoms with Crippen molar-refractivity contribution in [3.63, 3.8) is 0 Å². The lowest BCUT2D eigenvalue weighted by molar-refractivity contribution is 0.191. The number of hydrogen-bond acceptors (Lipinski definition) is 4. The van der Waals surface area contributed by atoms with Gasteiger partial charge in [-0.1, -0.05) is 24.3 Å². The number of nitrogens with zero attached hydrogens (tertiary/aromatic N) is 2. The highest BCUT2D eigenvalue weighted by Crippen LogP contribution is 2.28. The van der Waals surface area contributed by atoms with Gasteiger partial charge >= 0.3 is 6.03 Å². The summed E-state index contributed by atoms with van der Waals surface area (Å²) in [4.78, 5) is 16.4. The minimum absolute atomic E-state index is 0.0393. The Balaban J connectivity index is 1.41. The number of urea groups is 1. The molecule has 27 heavy (non-hydrogen) atoms. The number of aryl methyl sites for hydroxylation is 1. The van der Waals surface area contributed by atoms with E-state index in [9.17, 15) is 4.79 Å². The normalized spacial score (nSPS) is 14.0. The number of rotatable bonds is 6. The first-order valence-corrected chi connectivity index (χ1v) is 9.27. The number of methoxy groups -OCH3 is 1. The summed E-state index contributed by atoms with van der Waals surface area (Å²) in [6, 6.07) is 15.8. The molecule has 1 aliphatic rings. The molecule has 6 heteroatoms. The molecule has 144 valence electrons. The van der Waals surface area contributed by atoms with Crippen LogP contribution >= 0.6 is 0 Å². The predicted molar refractivity (Wildman–Crippen MR) is 107 cm³/mol. The third-order valence-electron chi connectivity index (χ3n) is 4.63. The largest absolute Gasteiger partial charge is 0.495 e. The molecule has 0 spiro atoms. The molecule has 0 bridgehead atoms. The molecule has 0 unspecified atom stereocenters. The molecule has 0 atom stereocenters. The van der Waals surface area contributed by atoms with Gasteiger partial charge in [-0.05, 0) is 36.8 Å². The van der Waals surface area contributed by atoms with Crippen LogP contribution in [0.25, 0.3) is 0 Å². The van der Waals surface area contributed by atoms with Crippen molar-refractivity contribution in [1.82, 2.24) is 10.2 Å². The van der Waals surface area contributed by atoms with Gasteiger partial charge in [-0.2, -0.15) is 0 Å². The van der Waals surface area contributed by atoms with E-state index >= 15 is 0 Å². The SMILES string of the molecule is COc1ccccc1N1CCN(C(=O)NCCOc2cccc(C)c2)CC1. The molecule has 0 aromatic heterocycles. The Morgan fingerprint density at radius 2 is 1.85 bits per heavy atom. The quantitative estimate of drug-likeness (QED) is 0.796. The predicted octanol–water partition coefficient (Wildman–Crippen LogP) is 2.91. The van der Waals surface area contributed by atoms with Gasteiger partial charge in [0.1, 0.15) is 18.1 Å². The van der Waals surface area contributed by atoms with E-state index in [1.54, 1.807) is 7.11 Å². The second-order valence-electron chi connectivity index (χ2n) is 6.54. The third kappa shape index (κ3) is 5.06. The van der Waals surface area contributed by atoms with E-state index in [0.29, 0.717) is 26.2 Å². The maximum absolute atomic E-state index is 12.3. The third-order valence-corrected chi connectivity index (χ3v) is 4.63. The van der Waals surface area contributed by atoms with Crippen molar-refractivity contribution in [3.8, 4) is 11.5 Å². The number of ether oxygens (including phenoxy) is 2. The average Bonchev–Trinajstić information content (AvgIpc) is 2.71. The molecular weight excluding hydrogens is 342 g/mol. The second kappa shape index (κ2) is 9.16. The maximum Gasteiger partial charge on any atom is 0.317 e. The van der Waals surface area contributed by atoms with E-state index in [4.69, 9.17) is 9.47 Å². The zero-order valence-corrected chi connectivity index (χ0v) is 16.0. The lowest BCUT2D eigenvalue weighted by Gasteiger charge is -2.36. The van der Waals surface area contributed by atoms with Crippen LogP contribution in [0.3, 0.4) is 0 Å². The molecule has 2 amide bonds. The lowest BCUT2D eigenvalue weighted by Crippen LogP contribution is -2.52. The van der Waals surface area contributed by atoms with Crippen molar-refractivity contribution in [2.75, 3.05) is 51.3 Å². The highest BCUT2D eigenvalue weighted by atomic mass is 16.5. The van der Waals surface area contributed by atoms with Crippen LogP contribution in [0.4, 0.5) is 10.5 Å². The van der Waals surface area contributed by atoms with E-state index in [0.717, 1.165) is 35.8 Å². The molecule has 3 rings (SSSR count). The van der Waals surface area contributed by atoms with Crippen molar-refractivity contribution in [3.05, 3.63) is 54.1 Å². The first kappa shape index (κ1) is 18.9. The van der Waals surface area contributed by atoms with Crippen LogP contribution in [-0.2, 0) is 0 Å². The summed E-state index contributed by atoms with van der Waals surface area (Å²) in [6.45, 7) is 5.90. The first-order valence-electron chi connectivity index (χ1n) is 9.27. The van der Waals surface area contributed by atoms with Crippen molar-refractivity contribution in [2.45, 2.75) is 6.92 Å². The highest BCUT2D eigenvalue weighted by Gasteiger charge is 2.22. The Bertz CT molecular complexity index is 758. The second-order valence-corrected chi connectivity index (χ2v) is 6.54. The van der Waals surface area contributed by atoms with Crippen LogP contribution in [0.2, 0.25) is 0 Å². The molecule has 6 nitrogen and oxygen atoms in total. The molecule has 1 fully saturated rings. The van der Waals surface area contributed by atoms with Crippen LogP contribution < -0.4 is 19.7 Å². The van der Waals surface area contributed by atoms with Crippen LogP contribution in [0, 0.1) is 6.92 Å². The number of carbonyl (C=O) groups is 1. The number of piperazine rings is 1. The summed E-state index contributed by atoms with van der Waals surface area (Å²) in [6.07, 6.45) is 0. The van der Waals surface area contributed by atoms with Crippen LogP contribution in [0.15, 0.2) is 48.5 Å². The molecular formula is C21H27N3O3. The number of benzene rings is 2. The van der Waals surface area contributed by atoms with Crippen LogP contribution in [-0.4, -0.2) is 57.4 Å². The van der Waals surface area contributed by atoms with E-state index in [1.807, 2.05) is 54.3 Å². The number of para-hydroxylation sites is 2. The average molecular weight is 369 g/mol. The number of hydrogen-bond donors (Lipinski definition) is 1. The van der Waals surface area contributed by atoms with Crippen molar-refractivity contribution < 1.29 is 14.3 Å². The molecule has 0 aliphatic carbocycles. The van der Waals surface area contributed by atoms with Gasteiger partial charge in [0.15, 0.2) is 0 Å². The molecule has 1 heterocycles. The number of anilines is 1. The number of amides is 2. The Morgan fingerprint density at radius 1 is 1.07 bits per heavy atom. The first-order chi connectivity index (χ1) is 13.2. The van der Waals surface area contributed by atoms with Gasteiger partial charge in [-0.15, -0.1) is 0 Å². The Hall–Kier alpha value is -2.89. The van der Waals surface area contributed by atoms with Gasteiger partial charge < -0.3 is 24.6 Å². The van der Waals surface area contributed by atoms with E-state index in [2.05, 4.69) is 16.3 Å². The topological polar surface area (TPSA) is 54.0 Å². The fraction of sp³-hybridized carbons (Fsp3) is 0.381. The summed E-state index contributed by atoms with van der Waals surface area (Å²) in [5, 5.41) is 2.93. The van der Waals surface area contributed by atoms with Crippen molar-refractivity contribution in [1.29, 1.82) is 0 Å². The van der Waals surface area contributed by atoms with Crippen molar-refractivity contribution in [2.24, 2.45) is 0 Å². The van der Waals surface area contributed by atoms with Gasteiger partial charge in [0.2, 0.25) is 0 Å². The summed E-state index contributed by atoms with van der Waals surface area (Å²) >= 11 is 0.